The Morgan fingerprint density at radius 3 is 2.58 bits per heavy atom. The molecule has 1 aromatic carbocycles. The van der Waals surface area contributed by atoms with Crippen LogP contribution in [0.2, 0.25) is 5.02 Å². The molecule has 2 aliphatic heterocycles. The lowest BCUT2D eigenvalue weighted by Crippen LogP contribution is -2.40. The van der Waals surface area contributed by atoms with Crippen molar-refractivity contribution in [3.8, 4) is 0 Å². The van der Waals surface area contributed by atoms with Gasteiger partial charge in [0.2, 0.25) is 0 Å². The first-order chi connectivity index (χ1) is 12.3. The number of ketones is 1. The smallest absolute Gasteiger partial charge is 0.337 e. The zero-order valence-corrected chi connectivity index (χ0v) is 16.0. The average molecular weight is 372 g/mol. The van der Waals surface area contributed by atoms with E-state index in [1.807, 2.05) is 25.1 Å². The molecule has 0 amide bonds. The molecular weight excluding hydrogens is 350 g/mol. The van der Waals surface area contributed by atoms with Crippen molar-refractivity contribution in [1.82, 2.24) is 4.90 Å². The third kappa shape index (κ3) is 2.50. The van der Waals surface area contributed by atoms with Crippen molar-refractivity contribution in [2.75, 3.05) is 13.2 Å². The van der Waals surface area contributed by atoms with Gasteiger partial charge in [-0.25, -0.2) is 4.79 Å². The fourth-order valence-corrected chi connectivity index (χ4v) is 4.74. The van der Waals surface area contributed by atoms with Crippen molar-refractivity contribution in [1.29, 1.82) is 0 Å². The zero-order valence-electron chi connectivity index (χ0n) is 15.3. The number of benzene rings is 1. The molecule has 0 N–H and O–H groups in total. The Labute approximate surface area is 158 Å². The van der Waals surface area contributed by atoms with Gasteiger partial charge in [-0.05, 0) is 30.4 Å². The molecule has 0 saturated carbocycles. The molecule has 0 bridgehead atoms. The summed E-state index contributed by atoms with van der Waals surface area (Å²) in [6, 6.07) is 7.46. The summed E-state index contributed by atoms with van der Waals surface area (Å²) in [6.45, 7) is 7.24. The minimum Gasteiger partial charge on any atom is -0.456 e. The quantitative estimate of drug-likeness (QED) is 0.730. The molecule has 0 radical (unpaired) electrons. The molecule has 2 heterocycles. The Hall–Kier alpha value is -2.07. The molecule has 5 heteroatoms. The van der Waals surface area contributed by atoms with E-state index in [9.17, 15) is 9.59 Å². The molecule has 0 fully saturated rings. The molecule has 0 aromatic heterocycles. The minimum absolute atomic E-state index is 0.101. The number of hydrogen-bond acceptors (Lipinski definition) is 4. The maximum absolute atomic E-state index is 13.2. The fourth-order valence-electron chi connectivity index (χ4n) is 4.49. The summed E-state index contributed by atoms with van der Waals surface area (Å²) in [6.07, 6.45) is 1.27. The number of nitrogens with zero attached hydrogens (tertiary/aromatic N) is 1. The van der Waals surface area contributed by atoms with E-state index in [4.69, 9.17) is 16.3 Å². The highest BCUT2D eigenvalue weighted by molar-refractivity contribution is 6.31. The molecule has 1 atom stereocenters. The van der Waals surface area contributed by atoms with Crippen LogP contribution < -0.4 is 0 Å². The van der Waals surface area contributed by atoms with Gasteiger partial charge in [-0.2, -0.15) is 0 Å². The van der Waals surface area contributed by atoms with Crippen LogP contribution in [0.1, 0.15) is 45.1 Å². The summed E-state index contributed by atoms with van der Waals surface area (Å²) in [5, 5.41) is 0.568. The number of hydrogen-bond donors (Lipinski definition) is 0. The summed E-state index contributed by atoms with van der Waals surface area (Å²) >= 11 is 6.48. The molecule has 0 saturated heterocycles. The number of rotatable bonds is 2. The number of carbonyl (C=O) groups excluding carboxylic acids is 2. The number of esters is 1. The SMILES string of the molecule is CCN1C2=C(C(=O)CC(C)(C)C2)C(c2ccccc2Cl)C2=C1COC2=O. The fraction of sp³-hybridized carbons (Fsp3) is 0.429. The van der Waals surface area contributed by atoms with Crippen molar-refractivity contribution in [3.05, 3.63) is 57.4 Å². The van der Waals surface area contributed by atoms with Crippen molar-refractivity contribution in [2.24, 2.45) is 5.41 Å². The predicted octanol–water partition coefficient (Wildman–Crippen LogP) is 4.21. The molecule has 1 aliphatic carbocycles. The van der Waals surface area contributed by atoms with Crippen LogP contribution in [0.5, 0.6) is 0 Å². The molecule has 4 nitrogen and oxygen atoms in total. The Balaban J connectivity index is 1.99. The lowest BCUT2D eigenvalue weighted by atomic mass is 9.68. The van der Waals surface area contributed by atoms with E-state index in [2.05, 4.69) is 18.7 Å². The lowest BCUT2D eigenvalue weighted by Gasteiger charge is -2.43. The first kappa shape index (κ1) is 17.3. The van der Waals surface area contributed by atoms with Crippen LogP contribution >= 0.6 is 11.6 Å². The summed E-state index contributed by atoms with van der Waals surface area (Å²) in [4.78, 5) is 27.9. The number of Topliss-reactive ketones (excluding diaryl/α,β-unsaturated/α-hetero) is 1. The first-order valence-electron chi connectivity index (χ1n) is 9.02. The summed E-state index contributed by atoms with van der Waals surface area (Å²) in [5.41, 5.74) is 3.90. The molecule has 0 spiro atoms. The van der Waals surface area contributed by atoms with Gasteiger partial charge < -0.3 is 9.64 Å². The van der Waals surface area contributed by atoms with Gasteiger partial charge in [-0.1, -0.05) is 43.6 Å². The van der Waals surface area contributed by atoms with Crippen LogP contribution in [0.25, 0.3) is 0 Å². The van der Waals surface area contributed by atoms with Gasteiger partial charge in [0, 0.05) is 35.2 Å². The van der Waals surface area contributed by atoms with Crippen LogP contribution in [-0.4, -0.2) is 29.8 Å². The van der Waals surface area contributed by atoms with Crippen LogP contribution in [0.4, 0.5) is 0 Å². The average Bonchev–Trinajstić information content (AvgIpc) is 2.94. The summed E-state index contributed by atoms with van der Waals surface area (Å²) in [5.74, 6) is -0.673. The van der Waals surface area contributed by atoms with E-state index < -0.39 is 5.92 Å². The molecule has 26 heavy (non-hydrogen) atoms. The normalized spacial score (nSPS) is 24.6. The number of halogens is 1. The predicted molar refractivity (Wildman–Crippen MR) is 99.6 cm³/mol. The highest BCUT2D eigenvalue weighted by Crippen LogP contribution is 2.52. The van der Waals surface area contributed by atoms with E-state index in [1.54, 1.807) is 6.07 Å². The van der Waals surface area contributed by atoms with E-state index in [1.165, 1.54) is 0 Å². The van der Waals surface area contributed by atoms with E-state index in [-0.39, 0.29) is 23.8 Å². The molecule has 1 aromatic rings. The maximum Gasteiger partial charge on any atom is 0.337 e. The van der Waals surface area contributed by atoms with Crippen LogP contribution in [0.3, 0.4) is 0 Å². The third-order valence-corrected chi connectivity index (χ3v) is 5.87. The van der Waals surface area contributed by atoms with Crippen molar-refractivity contribution >= 4 is 23.4 Å². The van der Waals surface area contributed by atoms with Gasteiger partial charge in [0.15, 0.2) is 5.78 Å². The second kappa shape index (κ2) is 5.98. The van der Waals surface area contributed by atoms with Gasteiger partial charge in [-0.15, -0.1) is 0 Å². The number of likely N-dealkylation sites (N-methyl/N-ethyl adjacent to an activating group) is 1. The van der Waals surface area contributed by atoms with E-state index >= 15 is 0 Å². The largest absolute Gasteiger partial charge is 0.456 e. The number of allylic oxidation sites excluding steroid dienone is 2. The molecule has 136 valence electrons. The molecular formula is C21H22ClNO3. The van der Waals surface area contributed by atoms with Crippen LogP contribution in [0, 0.1) is 5.41 Å². The zero-order chi connectivity index (χ0) is 18.6. The lowest BCUT2D eigenvalue weighted by molar-refractivity contribution is -0.136. The Kier molecular flexibility index (Phi) is 3.99. The second-order valence-electron chi connectivity index (χ2n) is 7.94. The third-order valence-electron chi connectivity index (χ3n) is 5.53. The summed E-state index contributed by atoms with van der Waals surface area (Å²) < 4.78 is 5.38. The number of cyclic esters (lactones) is 1. The van der Waals surface area contributed by atoms with Crippen LogP contribution in [-0.2, 0) is 14.3 Å². The maximum atomic E-state index is 13.2. The summed E-state index contributed by atoms with van der Waals surface area (Å²) in [7, 11) is 0. The Morgan fingerprint density at radius 1 is 1.15 bits per heavy atom. The van der Waals surface area contributed by atoms with Gasteiger partial charge in [0.25, 0.3) is 0 Å². The monoisotopic (exact) mass is 371 g/mol. The van der Waals surface area contributed by atoms with Gasteiger partial charge in [0.05, 0.1) is 11.3 Å². The second-order valence-corrected chi connectivity index (χ2v) is 8.34. The topological polar surface area (TPSA) is 46.6 Å². The van der Waals surface area contributed by atoms with Crippen molar-refractivity contribution in [2.45, 2.75) is 39.5 Å². The molecule has 3 aliphatic rings. The van der Waals surface area contributed by atoms with Gasteiger partial charge in [0.1, 0.15) is 6.61 Å². The van der Waals surface area contributed by atoms with Crippen LogP contribution in [0.15, 0.2) is 46.8 Å². The van der Waals surface area contributed by atoms with Crippen molar-refractivity contribution < 1.29 is 14.3 Å². The van der Waals surface area contributed by atoms with E-state index in [0.29, 0.717) is 23.6 Å². The molecule has 4 rings (SSSR count). The Morgan fingerprint density at radius 2 is 1.88 bits per heavy atom. The minimum atomic E-state index is -0.435. The first-order valence-corrected chi connectivity index (χ1v) is 9.40. The number of ether oxygens (including phenoxy) is 1. The van der Waals surface area contributed by atoms with Crippen molar-refractivity contribution in [3.63, 3.8) is 0 Å². The van der Waals surface area contributed by atoms with Gasteiger partial charge >= 0.3 is 5.97 Å². The highest BCUT2D eigenvalue weighted by atomic mass is 35.5. The Bertz CT molecular complexity index is 881. The molecule has 1 unspecified atom stereocenters. The standard InChI is InChI=1S/C21H22ClNO3/c1-4-23-14-9-21(2,3)10-16(24)18(14)17(12-7-5-6-8-13(12)22)19-15(23)11-26-20(19)25/h5-8,17H,4,9-11H2,1-3H3. The van der Waals surface area contributed by atoms with E-state index in [0.717, 1.165) is 29.0 Å². The van der Waals surface area contributed by atoms with Gasteiger partial charge in [-0.3, -0.25) is 4.79 Å². The highest BCUT2D eigenvalue weighted by Gasteiger charge is 2.48. The number of carbonyl (C=O) groups is 2.